The minimum atomic E-state index is -1.11. The lowest BCUT2D eigenvalue weighted by molar-refractivity contribution is -0.132. The van der Waals surface area contributed by atoms with Crippen molar-refractivity contribution in [3.05, 3.63) is 110 Å². The molecule has 10 heteroatoms. The van der Waals surface area contributed by atoms with Crippen LogP contribution < -0.4 is 5.32 Å². The number of aromatic nitrogens is 1. The topological polar surface area (TPSA) is 88.5 Å². The van der Waals surface area contributed by atoms with Crippen LogP contribution in [0.25, 0.3) is 17.3 Å². The van der Waals surface area contributed by atoms with Crippen molar-refractivity contribution < 1.29 is 23.8 Å². The molecule has 0 radical (unpaired) electrons. The number of carbonyl (C=O) groups excluding carboxylic acids is 1. The van der Waals surface area contributed by atoms with E-state index in [-0.39, 0.29) is 26.3 Å². The third-order valence-corrected chi connectivity index (χ3v) is 7.62. The van der Waals surface area contributed by atoms with E-state index in [1.165, 1.54) is 25.1 Å². The summed E-state index contributed by atoms with van der Waals surface area (Å²) in [6.07, 6.45) is 2.24. The Hall–Kier alpha value is -3.56. The second-order valence-corrected chi connectivity index (χ2v) is 10.6. The SMILES string of the molecule is COC(CCc1ccccc1)c1cccc(-c2csc(NC(=O)c3cc(Cl)c(/C=C(\C)C(=O)O)c(Cl)c3)n2)c1F. The molecule has 0 saturated carbocycles. The minimum absolute atomic E-state index is 0.0423. The number of rotatable bonds is 10. The van der Waals surface area contributed by atoms with Crippen molar-refractivity contribution in [2.45, 2.75) is 25.9 Å². The zero-order valence-electron chi connectivity index (χ0n) is 21.6. The smallest absolute Gasteiger partial charge is 0.331 e. The van der Waals surface area contributed by atoms with Crippen LogP contribution in [0.3, 0.4) is 0 Å². The molecule has 3 aromatic carbocycles. The Labute approximate surface area is 245 Å². The summed E-state index contributed by atoms with van der Waals surface area (Å²) < 4.78 is 21.3. The number of hydrogen-bond acceptors (Lipinski definition) is 5. The normalized spacial score (nSPS) is 12.3. The standard InChI is InChI=1S/C30H25Cl2FN2O4S/c1-17(29(37)38)13-22-23(31)14-19(15-24(22)32)28(36)35-30-34-25(16-40-30)20-9-6-10-21(27(20)33)26(39-2)12-11-18-7-4-3-5-8-18/h3-10,13-16,26H,11-12H2,1-2H3,(H,37,38)(H,34,35,36)/b17-13+. The maximum absolute atomic E-state index is 15.7. The Morgan fingerprint density at radius 1 is 1.12 bits per heavy atom. The Morgan fingerprint density at radius 3 is 2.48 bits per heavy atom. The molecule has 0 bridgehead atoms. The number of amides is 1. The van der Waals surface area contributed by atoms with Gasteiger partial charge in [0.15, 0.2) is 5.13 Å². The Bertz CT molecular complexity index is 1550. The number of aliphatic carboxylic acids is 1. The highest BCUT2D eigenvalue weighted by Gasteiger charge is 2.21. The second-order valence-electron chi connectivity index (χ2n) is 8.94. The highest BCUT2D eigenvalue weighted by Crippen LogP contribution is 2.34. The fourth-order valence-electron chi connectivity index (χ4n) is 4.09. The van der Waals surface area contributed by atoms with E-state index < -0.39 is 23.8 Å². The number of carboxylic acid groups (broad SMARTS) is 1. The number of hydrogen-bond donors (Lipinski definition) is 2. The van der Waals surface area contributed by atoms with Gasteiger partial charge in [-0.3, -0.25) is 10.1 Å². The number of benzene rings is 3. The molecule has 4 aromatic rings. The van der Waals surface area contributed by atoms with Crippen molar-refractivity contribution in [3.8, 4) is 11.3 Å². The number of halogens is 3. The summed E-state index contributed by atoms with van der Waals surface area (Å²) in [6.45, 7) is 1.41. The van der Waals surface area contributed by atoms with Gasteiger partial charge in [-0.2, -0.15) is 0 Å². The molecule has 0 aliphatic heterocycles. The van der Waals surface area contributed by atoms with Gasteiger partial charge in [-0.05, 0) is 49.6 Å². The molecule has 0 aliphatic rings. The number of carbonyl (C=O) groups is 2. The number of aryl methyl sites for hydroxylation is 1. The predicted molar refractivity (Wildman–Crippen MR) is 158 cm³/mol. The lowest BCUT2D eigenvalue weighted by Crippen LogP contribution is -2.12. The molecule has 206 valence electrons. The highest BCUT2D eigenvalue weighted by molar-refractivity contribution is 7.14. The van der Waals surface area contributed by atoms with Crippen molar-refractivity contribution in [1.29, 1.82) is 0 Å². The van der Waals surface area contributed by atoms with Gasteiger partial charge in [-0.15, -0.1) is 11.3 Å². The maximum Gasteiger partial charge on any atom is 0.331 e. The van der Waals surface area contributed by atoms with Gasteiger partial charge < -0.3 is 9.84 Å². The van der Waals surface area contributed by atoms with E-state index in [1.54, 1.807) is 30.7 Å². The van der Waals surface area contributed by atoms with E-state index in [0.717, 1.165) is 23.3 Å². The molecule has 1 amide bonds. The van der Waals surface area contributed by atoms with E-state index in [0.29, 0.717) is 28.8 Å². The molecule has 40 heavy (non-hydrogen) atoms. The van der Waals surface area contributed by atoms with Crippen molar-refractivity contribution in [1.82, 2.24) is 4.98 Å². The third kappa shape index (κ3) is 6.95. The van der Waals surface area contributed by atoms with Crippen LogP contribution in [0, 0.1) is 5.82 Å². The van der Waals surface area contributed by atoms with Crippen LogP contribution in [0.15, 0.2) is 71.6 Å². The van der Waals surface area contributed by atoms with Gasteiger partial charge >= 0.3 is 5.97 Å². The summed E-state index contributed by atoms with van der Waals surface area (Å²) >= 11 is 13.7. The van der Waals surface area contributed by atoms with Crippen LogP contribution in [0.2, 0.25) is 10.0 Å². The molecular weight excluding hydrogens is 574 g/mol. The number of anilines is 1. The summed E-state index contributed by atoms with van der Waals surface area (Å²) in [5.41, 5.74) is 2.75. The van der Waals surface area contributed by atoms with Gasteiger partial charge in [0.25, 0.3) is 5.91 Å². The van der Waals surface area contributed by atoms with Crippen LogP contribution in [-0.2, 0) is 16.0 Å². The molecule has 2 N–H and O–H groups in total. The van der Waals surface area contributed by atoms with E-state index in [4.69, 9.17) is 33.0 Å². The molecule has 1 aromatic heterocycles. The van der Waals surface area contributed by atoms with Gasteiger partial charge in [-0.1, -0.05) is 65.7 Å². The van der Waals surface area contributed by atoms with E-state index >= 15 is 4.39 Å². The average Bonchev–Trinajstić information content (AvgIpc) is 3.40. The quantitative estimate of drug-likeness (QED) is 0.179. The first kappa shape index (κ1) is 29.4. The molecule has 0 spiro atoms. The molecule has 0 aliphatic carbocycles. The zero-order chi connectivity index (χ0) is 28.8. The fraction of sp³-hybridized carbons (Fsp3) is 0.167. The first-order valence-corrected chi connectivity index (χ1v) is 13.8. The number of nitrogens with one attached hydrogen (secondary N) is 1. The van der Waals surface area contributed by atoms with Gasteiger partial charge in [0.05, 0.1) is 21.8 Å². The number of nitrogens with zero attached hydrogens (tertiary/aromatic N) is 1. The van der Waals surface area contributed by atoms with Crippen LogP contribution >= 0.6 is 34.5 Å². The van der Waals surface area contributed by atoms with Gasteiger partial charge in [0.2, 0.25) is 0 Å². The number of thiazole rings is 1. The van der Waals surface area contributed by atoms with Crippen LogP contribution in [0.5, 0.6) is 0 Å². The van der Waals surface area contributed by atoms with Crippen LogP contribution in [-0.4, -0.2) is 29.1 Å². The monoisotopic (exact) mass is 598 g/mol. The fourth-order valence-corrected chi connectivity index (χ4v) is 5.40. The number of methoxy groups -OCH3 is 1. The van der Waals surface area contributed by atoms with Crippen molar-refractivity contribution >= 4 is 57.6 Å². The highest BCUT2D eigenvalue weighted by atomic mass is 35.5. The Balaban J connectivity index is 1.51. The molecule has 0 fully saturated rings. The molecule has 1 atom stereocenters. The molecule has 1 heterocycles. The van der Waals surface area contributed by atoms with E-state index in [9.17, 15) is 9.59 Å². The first-order chi connectivity index (χ1) is 19.2. The first-order valence-electron chi connectivity index (χ1n) is 12.2. The summed E-state index contributed by atoms with van der Waals surface area (Å²) in [5.74, 6) is -2.06. The maximum atomic E-state index is 15.7. The molecule has 4 rings (SSSR count). The van der Waals surface area contributed by atoms with E-state index in [2.05, 4.69) is 10.3 Å². The van der Waals surface area contributed by atoms with Crippen molar-refractivity contribution in [2.24, 2.45) is 0 Å². The van der Waals surface area contributed by atoms with Gasteiger partial charge in [-0.25, -0.2) is 14.2 Å². The third-order valence-electron chi connectivity index (χ3n) is 6.24. The Morgan fingerprint density at radius 2 is 1.82 bits per heavy atom. The number of ether oxygens (including phenoxy) is 1. The minimum Gasteiger partial charge on any atom is -0.478 e. The molecular formula is C30H25Cl2FN2O4S. The molecule has 6 nitrogen and oxygen atoms in total. The lowest BCUT2D eigenvalue weighted by Gasteiger charge is -2.18. The van der Waals surface area contributed by atoms with Crippen molar-refractivity contribution in [3.63, 3.8) is 0 Å². The Kier molecular flexibility index (Phi) is 9.71. The van der Waals surface area contributed by atoms with Gasteiger partial charge in [0, 0.05) is 40.3 Å². The van der Waals surface area contributed by atoms with Crippen LogP contribution in [0.1, 0.15) is 46.5 Å². The summed E-state index contributed by atoms with van der Waals surface area (Å²) in [6, 6.07) is 17.8. The summed E-state index contributed by atoms with van der Waals surface area (Å²) in [5, 5.41) is 13.9. The largest absolute Gasteiger partial charge is 0.478 e. The molecule has 0 saturated heterocycles. The van der Waals surface area contributed by atoms with Crippen molar-refractivity contribution in [2.75, 3.05) is 12.4 Å². The lowest BCUT2D eigenvalue weighted by atomic mass is 9.98. The van der Waals surface area contributed by atoms with Gasteiger partial charge in [0.1, 0.15) is 5.82 Å². The summed E-state index contributed by atoms with van der Waals surface area (Å²) in [7, 11) is 1.56. The number of carboxylic acids is 1. The van der Waals surface area contributed by atoms with E-state index in [1.807, 2.05) is 30.3 Å². The average molecular weight is 600 g/mol. The zero-order valence-corrected chi connectivity index (χ0v) is 23.9. The second kappa shape index (κ2) is 13.2. The predicted octanol–water partition coefficient (Wildman–Crippen LogP) is 8.32. The van der Waals surface area contributed by atoms with Crippen LogP contribution in [0.4, 0.5) is 9.52 Å². The summed E-state index contributed by atoms with van der Waals surface area (Å²) in [4.78, 5) is 28.4. The molecule has 1 unspecified atom stereocenters.